The summed E-state index contributed by atoms with van der Waals surface area (Å²) < 4.78 is 0. The van der Waals surface area contributed by atoms with E-state index < -0.39 is 6.03 Å². The van der Waals surface area contributed by atoms with Crippen molar-refractivity contribution in [2.45, 2.75) is 45.6 Å². The summed E-state index contributed by atoms with van der Waals surface area (Å²) >= 11 is 0. The predicted octanol–water partition coefficient (Wildman–Crippen LogP) is 2.01. The fourth-order valence-electron chi connectivity index (χ4n) is 3.01. The molecule has 1 fully saturated rings. The lowest BCUT2D eigenvalue weighted by Gasteiger charge is -2.33. The fourth-order valence-corrected chi connectivity index (χ4v) is 3.01. The standard InChI is InChI=1S/C18H26N4O3/c1-12-11-14(17(24)22-10-4-3-5-13(22)2)6-7-15(12)21-16(23)8-9-20-18(19)25/h6-7,11,13H,3-5,8-10H2,1-2H3,(H,21,23)(H3,19,20,25). The Morgan fingerprint density at radius 1 is 1.28 bits per heavy atom. The van der Waals surface area contributed by atoms with Crippen molar-refractivity contribution in [2.75, 3.05) is 18.4 Å². The molecular weight excluding hydrogens is 320 g/mol. The quantitative estimate of drug-likeness (QED) is 0.759. The van der Waals surface area contributed by atoms with Crippen LogP contribution in [-0.4, -0.2) is 41.9 Å². The lowest BCUT2D eigenvalue weighted by Crippen LogP contribution is -2.42. The van der Waals surface area contributed by atoms with Crippen molar-refractivity contribution in [2.24, 2.45) is 5.73 Å². The molecule has 1 aromatic rings. The molecular formula is C18H26N4O3. The van der Waals surface area contributed by atoms with E-state index >= 15 is 0 Å². The number of hydrogen-bond donors (Lipinski definition) is 3. The van der Waals surface area contributed by atoms with Crippen LogP contribution in [0, 0.1) is 6.92 Å². The Morgan fingerprint density at radius 3 is 2.68 bits per heavy atom. The van der Waals surface area contributed by atoms with Crippen molar-refractivity contribution in [3.8, 4) is 0 Å². The summed E-state index contributed by atoms with van der Waals surface area (Å²) in [6, 6.07) is 4.91. The number of likely N-dealkylation sites (tertiary alicyclic amines) is 1. The number of carbonyl (C=O) groups is 3. The molecule has 136 valence electrons. The van der Waals surface area contributed by atoms with Crippen molar-refractivity contribution < 1.29 is 14.4 Å². The highest BCUT2D eigenvalue weighted by Gasteiger charge is 2.24. The number of nitrogens with zero attached hydrogens (tertiary/aromatic N) is 1. The number of primary amides is 1. The minimum atomic E-state index is -0.654. The summed E-state index contributed by atoms with van der Waals surface area (Å²) in [4.78, 5) is 37.1. The Hall–Kier alpha value is -2.57. The summed E-state index contributed by atoms with van der Waals surface area (Å²) in [6.45, 7) is 4.92. The Morgan fingerprint density at radius 2 is 2.04 bits per heavy atom. The monoisotopic (exact) mass is 346 g/mol. The Labute approximate surface area is 147 Å². The Kier molecular flexibility index (Phi) is 6.38. The fraction of sp³-hybridized carbons (Fsp3) is 0.500. The maximum absolute atomic E-state index is 12.7. The van der Waals surface area contributed by atoms with Crippen LogP contribution in [0.5, 0.6) is 0 Å². The van der Waals surface area contributed by atoms with Gasteiger partial charge in [-0.2, -0.15) is 0 Å². The molecule has 0 radical (unpaired) electrons. The van der Waals surface area contributed by atoms with Crippen molar-refractivity contribution in [1.82, 2.24) is 10.2 Å². The van der Waals surface area contributed by atoms with Crippen molar-refractivity contribution in [1.29, 1.82) is 0 Å². The van der Waals surface area contributed by atoms with Crippen LogP contribution in [0.3, 0.4) is 0 Å². The van der Waals surface area contributed by atoms with Gasteiger partial charge in [0.2, 0.25) is 5.91 Å². The van der Waals surface area contributed by atoms with Gasteiger partial charge in [-0.25, -0.2) is 4.79 Å². The number of nitrogens with one attached hydrogen (secondary N) is 2. The van der Waals surface area contributed by atoms with E-state index in [0.29, 0.717) is 11.3 Å². The van der Waals surface area contributed by atoms with Gasteiger partial charge in [0.25, 0.3) is 5.91 Å². The highest BCUT2D eigenvalue weighted by molar-refractivity contribution is 5.96. The highest BCUT2D eigenvalue weighted by Crippen LogP contribution is 2.22. The SMILES string of the molecule is Cc1cc(C(=O)N2CCCCC2C)ccc1NC(=O)CCNC(N)=O. The van der Waals surface area contributed by atoms with Crippen molar-refractivity contribution in [3.05, 3.63) is 29.3 Å². The highest BCUT2D eigenvalue weighted by atomic mass is 16.2. The average Bonchev–Trinajstić information content (AvgIpc) is 2.56. The molecule has 1 unspecified atom stereocenters. The third-order valence-corrected chi connectivity index (χ3v) is 4.46. The van der Waals surface area contributed by atoms with Gasteiger partial charge in [0.1, 0.15) is 0 Å². The molecule has 25 heavy (non-hydrogen) atoms. The molecule has 1 aromatic carbocycles. The van der Waals surface area contributed by atoms with Crippen LogP contribution in [0.1, 0.15) is 48.5 Å². The van der Waals surface area contributed by atoms with Crippen molar-refractivity contribution >= 4 is 23.5 Å². The van der Waals surface area contributed by atoms with Crippen molar-refractivity contribution in [3.63, 3.8) is 0 Å². The van der Waals surface area contributed by atoms with Crippen LogP contribution in [0.4, 0.5) is 10.5 Å². The molecule has 1 aliphatic heterocycles. The molecule has 1 atom stereocenters. The van der Waals surface area contributed by atoms with E-state index in [0.717, 1.165) is 24.9 Å². The molecule has 1 saturated heterocycles. The zero-order chi connectivity index (χ0) is 18.4. The van der Waals surface area contributed by atoms with Crippen LogP contribution in [-0.2, 0) is 4.79 Å². The first-order valence-electron chi connectivity index (χ1n) is 8.63. The topological polar surface area (TPSA) is 105 Å². The van der Waals surface area contributed by atoms with E-state index in [4.69, 9.17) is 5.73 Å². The van der Waals surface area contributed by atoms with Gasteiger partial charge in [0.15, 0.2) is 0 Å². The minimum Gasteiger partial charge on any atom is -0.352 e. The summed E-state index contributed by atoms with van der Waals surface area (Å²) in [5.41, 5.74) is 7.08. The third kappa shape index (κ3) is 5.20. The number of anilines is 1. The Bertz CT molecular complexity index is 660. The van der Waals surface area contributed by atoms with Gasteiger partial charge in [-0.15, -0.1) is 0 Å². The number of nitrogens with two attached hydrogens (primary N) is 1. The number of aryl methyl sites for hydroxylation is 1. The van der Waals surface area contributed by atoms with E-state index in [9.17, 15) is 14.4 Å². The second kappa shape index (κ2) is 8.50. The number of amides is 4. The zero-order valence-electron chi connectivity index (χ0n) is 14.8. The first-order valence-corrected chi connectivity index (χ1v) is 8.63. The molecule has 0 bridgehead atoms. The normalized spacial score (nSPS) is 17.0. The summed E-state index contributed by atoms with van der Waals surface area (Å²) in [5.74, 6) is -0.181. The van der Waals surface area contributed by atoms with Gasteiger partial charge in [-0.3, -0.25) is 9.59 Å². The summed E-state index contributed by atoms with van der Waals surface area (Å²) in [6.07, 6.45) is 3.38. The zero-order valence-corrected chi connectivity index (χ0v) is 14.8. The Balaban J connectivity index is 1.98. The number of urea groups is 1. The minimum absolute atomic E-state index is 0.0406. The van der Waals surface area contributed by atoms with E-state index in [2.05, 4.69) is 17.6 Å². The third-order valence-electron chi connectivity index (χ3n) is 4.46. The second-order valence-electron chi connectivity index (χ2n) is 6.46. The van der Waals surface area contributed by atoms with Crippen LogP contribution in [0.15, 0.2) is 18.2 Å². The van der Waals surface area contributed by atoms with E-state index in [1.54, 1.807) is 18.2 Å². The van der Waals surface area contributed by atoms with Crippen LogP contribution < -0.4 is 16.4 Å². The van der Waals surface area contributed by atoms with Gasteiger partial charge in [-0.1, -0.05) is 0 Å². The van der Waals surface area contributed by atoms with Gasteiger partial charge in [-0.05, 0) is 56.9 Å². The van der Waals surface area contributed by atoms with Gasteiger partial charge >= 0.3 is 6.03 Å². The summed E-state index contributed by atoms with van der Waals surface area (Å²) in [5, 5.41) is 5.15. The lowest BCUT2D eigenvalue weighted by atomic mass is 10.0. The van der Waals surface area contributed by atoms with E-state index in [1.807, 2.05) is 11.8 Å². The first kappa shape index (κ1) is 18.8. The molecule has 4 N–H and O–H groups in total. The maximum Gasteiger partial charge on any atom is 0.312 e. The number of rotatable bonds is 5. The molecule has 2 rings (SSSR count). The molecule has 7 heteroatoms. The van der Waals surface area contributed by atoms with Crippen LogP contribution >= 0.6 is 0 Å². The summed E-state index contributed by atoms with van der Waals surface area (Å²) in [7, 11) is 0. The largest absolute Gasteiger partial charge is 0.352 e. The second-order valence-corrected chi connectivity index (χ2v) is 6.46. The van der Waals surface area contributed by atoms with Crippen LogP contribution in [0.2, 0.25) is 0 Å². The number of carbonyl (C=O) groups excluding carboxylic acids is 3. The van der Waals surface area contributed by atoms with E-state index in [1.165, 1.54) is 6.42 Å². The maximum atomic E-state index is 12.7. The van der Waals surface area contributed by atoms with E-state index in [-0.39, 0.29) is 30.8 Å². The van der Waals surface area contributed by atoms with Gasteiger partial charge in [0, 0.05) is 36.8 Å². The van der Waals surface area contributed by atoms with Crippen LogP contribution in [0.25, 0.3) is 0 Å². The number of piperidine rings is 1. The number of hydrogen-bond acceptors (Lipinski definition) is 3. The average molecular weight is 346 g/mol. The molecule has 1 aliphatic rings. The first-order chi connectivity index (χ1) is 11.9. The molecule has 0 aromatic heterocycles. The molecule has 4 amide bonds. The lowest BCUT2D eigenvalue weighted by molar-refractivity contribution is -0.116. The molecule has 0 spiro atoms. The molecule has 1 heterocycles. The smallest absolute Gasteiger partial charge is 0.312 e. The van der Waals surface area contributed by atoms with Gasteiger partial charge in [0.05, 0.1) is 0 Å². The predicted molar refractivity (Wildman–Crippen MR) is 96.4 cm³/mol. The molecule has 7 nitrogen and oxygen atoms in total. The number of benzene rings is 1. The van der Waals surface area contributed by atoms with Gasteiger partial charge < -0.3 is 21.3 Å². The molecule has 0 saturated carbocycles. The molecule has 0 aliphatic carbocycles.